The molecule has 4 rings (SSSR count). The summed E-state index contributed by atoms with van der Waals surface area (Å²) in [5, 5.41) is 7.77. The third kappa shape index (κ3) is 4.55. The first-order chi connectivity index (χ1) is 13.3. The normalized spacial score (nSPS) is 15.0. The van der Waals surface area contributed by atoms with Gasteiger partial charge in [-0.3, -0.25) is 9.69 Å². The van der Waals surface area contributed by atoms with E-state index in [4.69, 9.17) is 0 Å². The summed E-state index contributed by atoms with van der Waals surface area (Å²) >= 11 is 3.16. The van der Waals surface area contributed by atoms with Crippen molar-refractivity contribution in [3.63, 3.8) is 0 Å². The van der Waals surface area contributed by atoms with Gasteiger partial charge < -0.3 is 10.2 Å². The predicted octanol–water partition coefficient (Wildman–Crippen LogP) is 3.42. The van der Waals surface area contributed by atoms with Crippen LogP contribution in [0.1, 0.15) is 10.5 Å². The number of para-hydroxylation sites is 1. The molecule has 27 heavy (non-hydrogen) atoms. The van der Waals surface area contributed by atoms with Crippen LogP contribution in [0.2, 0.25) is 0 Å². The van der Waals surface area contributed by atoms with Gasteiger partial charge in [0.25, 0.3) is 5.91 Å². The van der Waals surface area contributed by atoms with E-state index >= 15 is 0 Å². The molecular weight excluding hydrogens is 376 g/mol. The number of hydrogen-bond acceptors (Lipinski definition) is 6. The Hall–Kier alpha value is -2.22. The van der Waals surface area contributed by atoms with Gasteiger partial charge in [0.05, 0.1) is 4.88 Å². The second-order valence-electron chi connectivity index (χ2n) is 6.44. The fraction of sp³-hybridized carbons (Fsp3) is 0.300. The Bertz CT molecular complexity index is 855. The Morgan fingerprint density at radius 2 is 1.85 bits per heavy atom. The third-order valence-corrected chi connectivity index (χ3v) is 6.56. The van der Waals surface area contributed by atoms with Crippen molar-refractivity contribution in [3.8, 4) is 9.88 Å². The summed E-state index contributed by atoms with van der Waals surface area (Å²) in [5.74, 6) is -0.0861. The summed E-state index contributed by atoms with van der Waals surface area (Å²) in [5.41, 5.74) is 1.80. The number of amides is 1. The molecule has 1 aliphatic rings. The van der Waals surface area contributed by atoms with Crippen molar-refractivity contribution in [2.45, 2.75) is 0 Å². The Kier molecular flexibility index (Phi) is 5.81. The van der Waals surface area contributed by atoms with Crippen LogP contribution >= 0.6 is 22.7 Å². The Balaban J connectivity index is 1.21. The quantitative estimate of drug-likeness (QED) is 0.691. The predicted molar refractivity (Wildman–Crippen MR) is 113 cm³/mol. The number of rotatable bonds is 6. The third-order valence-electron chi connectivity index (χ3n) is 4.68. The first-order valence-electron chi connectivity index (χ1n) is 9.09. The van der Waals surface area contributed by atoms with Gasteiger partial charge in [0, 0.05) is 50.3 Å². The van der Waals surface area contributed by atoms with Crippen molar-refractivity contribution in [1.29, 1.82) is 0 Å². The van der Waals surface area contributed by atoms with Crippen molar-refractivity contribution in [2.75, 3.05) is 44.2 Å². The van der Waals surface area contributed by atoms with Crippen LogP contribution in [-0.2, 0) is 0 Å². The summed E-state index contributed by atoms with van der Waals surface area (Å²) in [6.07, 6.45) is 0. The van der Waals surface area contributed by atoms with Gasteiger partial charge in [-0.2, -0.15) is 0 Å². The average Bonchev–Trinajstić information content (AvgIpc) is 3.41. The van der Waals surface area contributed by atoms with Gasteiger partial charge in [0.2, 0.25) is 0 Å². The molecule has 3 heterocycles. The van der Waals surface area contributed by atoms with Gasteiger partial charge >= 0.3 is 0 Å². The Labute approximate surface area is 167 Å². The lowest BCUT2D eigenvalue weighted by molar-refractivity contribution is 0.0943. The smallest absolute Gasteiger partial charge is 0.270 e. The molecule has 0 radical (unpaired) electrons. The van der Waals surface area contributed by atoms with E-state index in [0.717, 1.165) is 42.6 Å². The molecule has 0 atom stereocenters. The lowest BCUT2D eigenvalue weighted by atomic mass is 10.2. The van der Waals surface area contributed by atoms with Crippen LogP contribution in [-0.4, -0.2) is 55.1 Å². The maximum atomic E-state index is 12.3. The zero-order chi connectivity index (χ0) is 18.5. The van der Waals surface area contributed by atoms with Gasteiger partial charge in [-0.1, -0.05) is 24.3 Å². The number of benzene rings is 1. The van der Waals surface area contributed by atoms with Crippen LogP contribution in [0, 0.1) is 0 Å². The highest BCUT2D eigenvalue weighted by atomic mass is 32.1. The standard InChI is InChI=1S/C20H22N4OS2/c25-19(17-15-27-20(22-17)18-7-4-14-26-18)21-8-9-23-10-12-24(13-11-23)16-5-2-1-3-6-16/h1-7,14-15H,8-13H2,(H,21,25). The molecule has 5 nitrogen and oxygen atoms in total. The SMILES string of the molecule is O=C(NCCN1CCN(c2ccccc2)CC1)c1csc(-c2cccs2)n1. The zero-order valence-electron chi connectivity index (χ0n) is 15.0. The molecule has 1 amide bonds. The minimum atomic E-state index is -0.0861. The van der Waals surface area contributed by atoms with E-state index in [-0.39, 0.29) is 5.91 Å². The summed E-state index contributed by atoms with van der Waals surface area (Å²) in [7, 11) is 0. The summed E-state index contributed by atoms with van der Waals surface area (Å²) in [4.78, 5) is 22.7. The summed E-state index contributed by atoms with van der Waals surface area (Å²) < 4.78 is 0. The molecule has 1 saturated heterocycles. The number of nitrogens with zero attached hydrogens (tertiary/aromatic N) is 3. The van der Waals surface area contributed by atoms with E-state index in [1.54, 1.807) is 11.3 Å². The van der Waals surface area contributed by atoms with E-state index in [1.165, 1.54) is 17.0 Å². The van der Waals surface area contributed by atoms with Crippen molar-refractivity contribution >= 4 is 34.3 Å². The molecule has 1 N–H and O–H groups in total. The van der Waals surface area contributed by atoms with Crippen molar-refractivity contribution in [3.05, 3.63) is 58.9 Å². The van der Waals surface area contributed by atoms with Crippen LogP contribution in [0.15, 0.2) is 53.2 Å². The minimum Gasteiger partial charge on any atom is -0.369 e. The van der Waals surface area contributed by atoms with E-state index in [9.17, 15) is 4.79 Å². The lowest BCUT2D eigenvalue weighted by Gasteiger charge is -2.36. The molecule has 0 aliphatic carbocycles. The maximum absolute atomic E-state index is 12.3. The summed E-state index contributed by atoms with van der Waals surface area (Å²) in [6, 6.07) is 14.6. The molecular formula is C20H22N4OS2. The highest BCUT2D eigenvalue weighted by Crippen LogP contribution is 2.27. The van der Waals surface area contributed by atoms with E-state index in [0.29, 0.717) is 12.2 Å². The monoisotopic (exact) mass is 398 g/mol. The van der Waals surface area contributed by atoms with Crippen LogP contribution < -0.4 is 10.2 Å². The van der Waals surface area contributed by atoms with Crippen LogP contribution in [0.3, 0.4) is 0 Å². The summed E-state index contributed by atoms with van der Waals surface area (Å²) in [6.45, 7) is 5.60. The van der Waals surface area contributed by atoms with Crippen molar-refractivity contribution in [1.82, 2.24) is 15.2 Å². The van der Waals surface area contributed by atoms with Crippen LogP contribution in [0.4, 0.5) is 5.69 Å². The fourth-order valence-corrected chi connectivity index (χ4v) is 4.79. The molecule has 0 saturated carbocycles. The number of nitrogens with one attached hydrogen (secondary N) is 1. The van der Waals surface area contributed by atoms with Gasteiger partial charge in [-0.05, 0) is 23.6 Å². The topological polar surface area (TPSA) is 48.5 Å². The number of aromatic nitrogens is 1. The number of carbonyl (C=O) groups excluding carboxylic acids is 1. The van der Waals surface area contributed by atoms with Crippen molar-refractivity contribution < 1.29 is 4.79 Å². The van der Waals surface area contributed by atoms with Crippen molar-refractivity contribution in [2.24, 2.45) is 0 Å². The first-order valence-corrected chi connectivity index (χ1v) is 10.9. The molecule has 1 fully saturated rings. The minimum absolute atomic E-state index is 0.0861. The Morgan fingerprint density at radius 3 is 2.59 bits per heavy atom. The van der Waals surface area contributed by atoms with Crippen LogP contribution in [0.25, 0.3) is 9.88 Å². The second-order valence-corrected chi connectivity index (χ2v) is 8.24. The van der Waals surface area contributed by atoms with Gasteiger partial charge in [-0.25, -0.2) is 4.98 Å². The molecule has 0 bridgehead atoms. The largest absolute Gasteiger partial charge is 0.369 e. The molecule has 7 heteroatoms. The Morgan fingerprint density at radius 1 is 1.04 bits per heavy atom. The van der Waals surface area contributed by atoms with Gasteiger partial charge in [0.1, 0.15) is 10.7 Å². The molecule has 1 aromatic carbocycles. The number of thiophene rings is 1. The molecule has 0 spiro atoms. The fourth-order valence-electron chi connectivity index (χ4n) is 3.18. The highest BCUT2D eigenvalue weighted by molar-refractivity contribution is 7.20. The first kappa shape index (κ1) is 18.2. The van der Waals surface area contributed by atoms with Crippen LogP contribution in [0.5, 0.6) is 0 Å². The van der Waals surface area contributed by atoms with Gasteiger partial charge in [0.15, 0.2) is 0 Å². The number of carbonyl (C=O) groups is 1. The maximum Gasteiger partial charge on any atom is 0.270 e. The molecule has 2 aromatic heterocycles. The molecule has 3 aromatic rings. The molecule has 0 unspecified atom stereocenters. The van der Waals surface area contributed by atoms with Gasteiger partial charge in [-0.15, -0.1) is 22.7 Å². The lowest BCUT2D eigenvalue weighted by Crippen LogP contribution is -2.48. The molecule has 1 aliphatic heterocycles. The average molecular weight is 399 g/mol. The number of piperazine rings is 1. The van der Waals surface area contributed by atoms with E-state index in [2.05, 4.69) is 44.4 Å². The zero-order valence-corrected chi connectivity index (χ0v) is 16.6. The number of hydrogen-bond donors (Lipinski definition) is 1. The second kappa shape index (κ2) is 8.65. The highest BCUT2D eigenvalue weighted by Gasteiger charge is 2.17. The van der Waals surface area contributed by atoms with E-state index in [1.807, 2.05) is 29.0 Å². The number of anilines is 1. The molecule has 140 valence electrons. The van der Waals surface area contributed by atoms with E-state index < -0.39 is 0 Å². The number of thiazole rings is 1.